The van der Waals surface area contributed by atoms with Crippen LogP contribution < -0.4 is 9.62 Å². The second-order valence-corrected chi connectivity index (χ2v) is 13.9. The molecule has 0 aliphatic rings. The fourth-order valence-electron chi connectivity index (χ4n) is 5.06. The minimum absolute atomic E-state index is 0.0475. The number of nitrogens with zero attached hydrogens (tertiary/aromatic N) is 2. The van der Waals surface area contributed by atoms with Gasteiger partial charge in [0.25, 0.3) is 10.0 Å². The molecule has 1 N–H and O–H groups in total. The minimum Gasteiger partial charge on any atom is -0.354 e. The molecule has 4 aromatic rings. The van der Waals surface area contributed by atoms with Crippen molar-refractivity contribution in [2.45, 2.75) is 57.5 Å². The van der Waals surface area contributed by atoms with Gasteiger partial charge in [0.05, 0.1) is 10.6 Å². The molecule has 2 amide bonds. The van der Waals surface area contributed by atoms with E-state index in [-0.39, 0.29) is 23.8 Å². The van der Waals surface area contributed by atoms with Gasteiger partial charge in [-0.25, -0.2) is 8.42 Å². The summed E-state index contributed by atoms with van der Waals surface area (Å²) in [5.74, 6) is -0.933. The molecule has 0 saturated carbocycles. The lowest BCUT2D eigenvalue weighted by Gasteiger charge is -2.34. The van der Waals surface area contributed by atoms with Crippen LogP contribution in [0.15, 0.2) is 102 Å². The monoisotopic (exact) mass is 679 g/mol. The Bertz CT molecular complexity index is 1730. The number of aryl methyl sites for hydroxylation is 2. The third kappa shape index (κ3) is 8.90. The van der Waals surface area contributed by atoms with E-state index >= 15 is 0 Å². The molecule has 0 aliphatic carbocycles. The smallest absolute Gasteiger partial charge is 0.264 e. The number of hydrogen-bond acceptors (Lipinski definition) is 4. The van der Waals surface area contributed by atoms with E-state index < -0.39 is 28.5 Å². The second-order valence-electron chi connectivity index (χ2n) is 11.2. The summed E-state index contributed by atoms with van der Waals surface area (Å²) in [4.78, 5) is 29.9. The SMILES string of the molecule is CCCCNC(=O)C(Cc1ccccc1)N(Cc1c(Cl)cccc1Cl)C(=O)CN(c1cccc(C)c1)S(=O)(=O)c1ccc(C)cc1. The molecule has 0 aromatic heterocycles. The highest BCUT2D eigenvalue weighted by Crippen LogP contribution is 2.29. The quantitative estimate of drug-likeness (QED) is 0.141. The summed E-state index contributed by atoms with van der Waals surface area (Å²) in [7, 11) is -4.19. The van der Waals surface area contributed by atoms with Crippen molar-refractivity contribution in [3.05, 3.63) is 129 Å². The largest absolute Gasteiger partial charge is 0.354 e. The molecule has 0 aliphatic heterocycles. The number of sulfonamides is 1. The second kappa shape index (κ2) is 16.1. The lowest BCUT2D eigenvalue weighted by atomic mass is 10.0. The van der Waals surface area contributed by atoms with Crippen LogP contribution in [-0.4, -0.2) is 44.3 Å². The molecule has 10 heteroatoms. The van der Waals surface area contributed by atoms with Crippen LogP contribution in [0.5, 0.6) is 0 Å². The highest BCUT2D eigenvalue weighted by Gasteiger charge is 2.35. The first kappa shape index (κ1) is 35.0. The first-order valence-corrected chi connectivity index (χ1v) is 17.4. The van der Waals surface area contributed by atoms with Gasteiger partial charge in [-0.2, -0.15) is 0 Å². The molecule has 0 fully saturated rings. The number of carbonyl (C=O) groups is 2. The summed E-state index contributed by atoms with van der Waals surface area (Å²) >= 11 is 13.2. The summed E-state index contributed by atoms with van der Waals surface area (Å²) in [6, 6.07) is 26.9. The van der Waals surface area contributed by atoms with Crippen LogP contribution in [0, 0.1) is 13.8 Å². The van der Waals surface area contributed by atoms with Crippen molar-refractivity contribution >= 4 is 50.7 Å². The highest BCUT2D eigenvalue weighted by molar-refractivity contribution is 7.92. The van der Waals surface area contributed by atoms with Gasteiger partial charge in [-0.15, -0.1) is 0 Å². The minimum atomic E-state index is -4.19. The summed E-state index contributed by atoms with van der Waals surface area (Å²) < 4.78 is 29.5. The van der Waals surface area contributed by atoms with Crippen molar-refractivity contribution in [2.24, 2.45) is 0 Å². The Kier molecular flexibility index (Phi) is 12.3. The van der Waals surface area contributed by atoms with E-state index in [2.05, 4.69) is 5.32 Å². The number of carbonyl (C=O) groups excluding carboxylic acids is 2. The predicted octanol–water partition coefficient (Wildman–Crippen LogP) is 7.36. The van der Waals surface area contributed by atoms with E-state index in [1.165, 1.54) is 17.0 Å². The molecule has 0 spiro atoms. The lowest BCUT2D eigenvalue weighted by Crippen LogP contribution is -2.53. The number of rotatable bonds is 14. The van der Waals surface area contributed by atoms with Crippen LogP contribution in [0.3, 0.4) is 0 Å². The summed E-state index contributed by atoms with van der Waals surface area (Å²) in [6.07, 6.45) is 1.84. The maximum atomic E-state index is 14.6. The third-order valence-corrected chi connectivity index (χ3v) is 10.2. The van der Waals surface area contributed by atoms with Crippen LogP contribution in [0.25, 0.3) is 0 Å². The summed E-state index contributed by atoms with van der Waals surface area (Å²) in [5.41, 5.74) is 3.35. The Morgan fingerprint density at radius 2 is 1.48 bits per heavy atom. The van der Waals surface area contributed by atoms with E-state index in [1.807, 2.05) is 57.2 Å². The average molecular weight is 681 g/mol. The summed E-state index contributed by atoms with van der Waals surface area (Å²) in [5, 5.41) is 3.64. The fourth-order valence-corrected chi connectivity index (χ4v) is 6.99. The zero-order valence-corrected chi connectivity index (χ0v) is 28.6. The fraction of sp³-hybridized carbons (Fsp3) is 0.278. The van der Waals surface area contributed by atoms with E-state index in [0.29, 0.717) is 27.8 Å². The standard InChI is InChI=1S/C36H39Cl2N3O4S/c1-4-5-21-39-36(43)34(23-28-12-7-6-8-13-28)40(24-31-32(37)15-10-16-33(31)38)35(42)25-41(29-14-9-11-27(3)22-29)46(44,45)30-19-17-26(2)18-20-30/h6-20,22,34H,4-5,21,23-25H2,1-3H3,(H,39,43). The normalized spacial score (nSPS) is 11.9. The molecular formula is C36H39Cl2N3O4S. The van der Waals surface area contributed by atoms with Crippen molar-refractivity contribution in [1.82, 2.24) is 10.2 Å². The van der Waals surface area contributed by atoms with Crippen LogP contribution in [0.2, 0.25) is 10.0 Å². The lowest BCUT2D eigenvalue weighted by molar-refractivity contribution is -0.140. The Morgan fingerprint density at radius 3 is 2.11 bits per heavy atom. The van der Waals surface area contributed by atoms with Crippen molar-refractivity contribution in [1.29, 1.82) is 0 Å². The maximum absolute atomic E-state index is 14.6. The number of benzene rings is 4. The zero-order chi connectivity index (χ0) is 33.3. The molecule has 4 aromatic carbocycles. The Morgan fingerprint density at radius 1 is 0.826 bits per heavy atom. The van der Waals surface area contributed by atoms with Gasteiger partial charge in [0.2, 0.25) is 11.8 Å². The molecule has 7 nitrogen and oxygen atoms in total. The number of amides is 2. The molecular weight excluding hydrogens is 641 g/mol. The Labute approximate surface area is 282 Å². The topological polar surface area (TPSA) is 86.8 Å². The number of unbranched alkanes of at least 4 members (excludes halogenated alkanes) is 1. The van der Waals surface area contributed by atoms with E-state index in [1.54, 1.807) is 48.5 Å². The Balaban J connectivity index is 1.82. The molecule has 242 valence electrons. The molecule has 1 unspecified atom stereocenters. The number of nitrogens with one attached hydrogen (secondary N) is 1. The molecule has 4 rings (SSSR count). The first-order chi connectivity index (χ1) is 22.0. The van der Waals surface area contributed by atoms with Crippen LogP contribution in [-0.2, 0) is 32.6 Å². The highest BCUT2D eigenvalue weighted by atomic mass is 35.5. The number of hydrogen-bond donors (Lipinski definition) is 1. The molecule has 0 bridgehead atoms. The molecule has 0 heterocycles. The van der Waals surface area contributed by atoms with Crippen LogP contribution in [0.4, 0.5) is 5.69 Å². The van der Waals surface area contributed by atoms with Gasteiger partial charge in [0.1, 0.15) is 12.6 Å². The molecule has 1 atom stereocenters. The van der Waals surface area contributed by atoms with E-state index in [9.17, 15) is 18.0 Å². The van der Waals surface area contributed by atoms with Gasteiger partial charge in [0, 0.05) is 35.1 Å². The average Bonchev–Trinajstić information content (AvgIpc) is 3.03. The van der Waals surface area contributed by atoms with E-state index in [0.717, 1.165) is 33.8 Å². The van der Waals surface area contributed by atoms with Crippen molar-refractivity contribution in [3.8, 4) is 0 Å². The molecule has 0 saturated heterocycles. The van der Waals surface area contributed by atoms with Gasteiger partial charge < -0.3 is 10.2 Å². The first-order valence-electron chi connectivity index (χ1n) is 15.2. The van der Waals surface area contributed by atoms with Gasteiger partial charge in [0.15, 0.2) is 0 Å². The van der Waals surface area contributed by atoms with Gasteiger partial charge in [-0.3, -0.25) is 13.9 Å². The molecule has 46 heavy (non-hydrogen) atoms. The van der Waals surface area contributed by atoms with Crippen molar-refractivity contribution in [3.63, 3.8) is 0 Å². The number of anilines is 1. The zero-order valence-electron chi connectivity index (χ0n) is 26.2. The van der Waals surface area contributed by atoms with Crippen molar-refractivity contribution in [2.75, 3.05) is 17.4 Å². The van der Waals surface area contributed by atoms with Gasteiger partial charge in [-0.1, -0.05) is 103 Å². The van der Waals surface area contributed by atoms with E-state index in [4.69, 9.17) is 23.2 Å². The van der Waals surface area contributed by atoms with Crippen molar-refractivity contribution < 1.29 is 18.0 Å². The maximum Gasteiger partial charge on any atom is 0.264 e. The third-order valence-electron chi connectivity index (χ3n) is 7.67. The summed E-state index contributed by atoms with van der Waals surface area (Å²) in [6.45, 7) is 5.51. The number of halogens is 2. The van der Waals surface area contributed by atoms with Crippen LogP contribution >= 0.6 is 23.2 Å². The molecule has 0 radical (unpaired) electrons. The van der Waals surface area contributed by atoms with Gasteiger partial charge in [-0.05, 0) is 67.8 Å². The Hall–Kier alpha value is -3.85. The van der Waals surface area contributed by atoms with Gasteiger partial charge >= 0.3 is 0 Å². The van der Waals surface area contributed by atoms with Crippen LogP contribution in [0.1, 0.15) is 42.0 Å². The predicted molar refractivity (Wildman–Crippen MR) is 186 cm³/mol.